The van der Waals surface area contributed by atoms with Crippen molar-refractivity contribution >= 4 is 33.0 Å². The van der Waals surface area contributed by atoms with Gasteiger partial charge >= 0.3 is 0 Å². The van der Waals surface area contributed by atoms with E-state index in [1.54, 1.807) is 13.1 Å². The van der Waals surface area contributed by atoms with Gasteiger partial charge in [-0.1, -0.05) is 17.7 Å². The number of pyridine rings is 1. The molecule has 4 nitrogen and oxygen atoms in total. The first-order chi connectivity index (χ1) is 8.94. The molecule has 0 aliphatic heterocycles. The van der Waals surface area contributed by atoms with E-state index >= 15 is 0 Å². The van der Waals surface area contributed by atoms with Crippen LogP contribution in [-0.4, -0.2) is 24.8 Å². The standard InChI is InChI=1S/C12H13ClN2O2S2/c1-9(10-5-4-8-18-10)15(2)19(16,17)11-6-3-7-14-12(11)13/h3-9H,1-2H3. The molecule has 0 amide bonds. The van der Waals surface area contributed by atoms with Crippen molar-refractivity contribution in [2.24, 2.45) is 0 Å². The summed E-state index contributed by atoms with van der Waals surface area (Å²) < 4.78 is 26.3. The molecule has 0 spiro atoms. The van der Waals surface area contributed by atoms with E-state index in [2.05, 4.69) is 4.98 Å². The van der Waals surface area contributed by atoms with Gasteiger partial charge in [0.05, 0.1) is 6.04 Å². The van der Waals surface area contributed by atoms with Gasteiger partial charge in [0.2, 0.25) is 10.0 Å². The summed E-state index contributed by atoms with van der Waals surface area (Å²) >= 11 is 7.39. The monoisotopic (exact) mass is 316 g/mol. The highest BCUT2D eigenvalue weighted by atomic mass is 35.5. The Labute approximate surface area is 121 Å². The molecule has 2 heterocycles. The summed E-state index contributed by atoms with van der Waals surface area (Å²) in [6.07, 6.45) is 1.46. The van der Waals surface area contributed by atoms with Gasteiger partial charge in [0.25, 0.3) is 0 Å². The van der Waals surface area contributed by atoms with Crippen LogP contribution in [0.2, 0.25) is 5.15 Å². The van der Waals surface area contributed by atoms with Crippen LogP contribution in [0, 0.1) is 0 Å². The molecule has 0 fully saturated rings. The largest absolute Gasteiger partial charge is 0.246 e. The van der Waals surface area contributed by atoms with Crippen molar-refractivity contribution < 1.29 is 8.42 Å². The normalized spacial score (nSPS) is 13.7. The third-order valence-corrected chi connectivity index (χ3v) is 6.30. The molecule has 2 rings (SSSR count). The highest BCUT2D eigenvalue weighted by molar-refractivity contribution is 7.89. The molecule has 1 atom stereocenters. The lowest BCUT2D eigenvalue weighted by Gasteiger charge is -2.23. The Morgan fingerprint density at radius 1 is 1.37 bits per heavy atom. The van der Waals surface area contributed by atoms with Crippen LogP contribution in [0.5, 0.6) is 0 Å². The van der Waals surface area contributed by atoms with Gasteiger partial charge in [0, 0.05) is 18.1 Å². The van der Waals surface area contributed by atoms with E-state index in [0.29, 0.717) is 0 Å². The molecule has 0 aliphatic carbocycles. The topological polar surface area (TPSA) is 50.3 Å². The molecule has 102 valence electrons. The summed E-state index contributed by atoms with van der Waals surface area (Å²) in [7, 11) is -2.10. The van der Waals surface area contributed by atoms with E-state index in [1.807, 2.05) is 24.4 Å². The first kappa shape index (κ1) is 14.5. The van der Waals surface area contributed by atoms with Gasteiger partial charge in [0.15, 0.2) is 0 Å². The minimum Gasteiger partial charge on any atom is -0.243 e. The summed E-state index contributed by atoms with van der Waals surface area (Å²) in [5, 5.41) is 1.91. The van der Waals surface area contributed by atoms with Gasteiger partial charge in [0.1, 0.15) is 10.0 Å². The number of halogens is 1. The summed E-state index contributed by atoms with van der Waals surface area (Å²) in [4.78, 5) is 4.82. The van der Waals surface area contributed by atoms with Crippen LogP contribution in [0.1, 0.15) is 17.8 Å². The van der Waals surface area contributed by atoms with Gasteiger partial charge < -0.3 is 0 Å². The predicted octanol–water partition coefficient (Wildman–Crippen LogP) is 3.18. The molecule has 0 bridgehead atoms. The molecule has 0 saturated heterocycles. The van der Waals surface area contributed by atoms with Crippen LogP contribution < -0.4 is 0 Å². The lowest BCUT2D eigenvalue weighted by Crippen LogP contribution is -2.29. The average molecular weight is 317 g/mol. The maximum Gasteiger partial charge on any atom is 0.246 e. The molecular weight excluding hydrogens is 304 g/mol. The molecule has 0 saturated carbocycles. The second-order valence-corrected chi connectivity index (χ2v) is 7.31. The van der Waals surface area contributed by atoms with Gasteiger partial charge in [-0.15, -0.1) is 11.3 Å². The Kier molecular flexibility index (Phi) is 4.25. The van der Waals surface area contributed by atoms with E-state index < -0.39 is 10.0 Å². The predicted molar refractivity (Wildman–Crippen MR) is 76.9 cm³/mol. The third kappa shape index (κ3) is 2.81. The van der Waals surface area contributed by atoms with Gasteiger partial charge in [-0.2, -0.15) is 4.31 Å². The van der Waals surface area contributed by atoms with E-state index in [4.69, 9.17) is 11.6 Å². The van der Waals surface area contributed by atoms with Crippen LogP contribution in [0.25, 0.3) is 0 Å². The average Bonchev–Trinajstić information content (AvgIpc) is 2.91. The first-order valence-corrected chi connectivity index (χ1v) is 8.26. The van der Waals surface area contributed by atoms with Crippen molar-refractivity contribution in [2.45, 2.75) is 17.9 Å². The minimum absolute atomic E-state index is 0.00673. The molecule has 2 aromatic heterocycles. The zero-order chi connectivity index (χ0) is 14.0. The van der Waals surface area contributed by atoms with Crippen molar-refractivity contribution in [3.63, 3.8) is 0 Å². The van der Waals surface area contributed by atoms with E-state index in [1.165, 1.54) is 27.9 Å². The first-order valence-electron chi connectivity index (χ1n) is 5.56. The van der Waals surface area contributed by atoms with Crippen molar-refractivity contribution in [3.8, 4) is 0 Å². The molecule has 0 aliphatic rings. The van der Waals surface area contributed by atoms with Gasteiger partial charge in [-0.3, -0.25) is 0 Å². The number of hydrogen-bond donors (Lipinski definition) is 0. The Morgan fingerprint density at radius 2 is 2.11 bits per heavy atom. The van der Waals surface area contributed by atoms with Crippen LogP contribution in [0.15, 0.2) is 40.7 Å². The van der Waals surface area contributed by atoms with Crippen LogP contribution in [0.4, 0.5) is 0 Å². The van der Waals surface area contributed by atoms with Crippen molar-refractivity contribution in [1.29, 1.82) is 0 Å². The highest BCUT2D eigenvalue weighted by Gasteiger charge is 2.28. The molecule has 1 unspecified atom stereocenters. The Hall–Kier alpha value is -0.950. The second kappa shape index (κ2) is 5.58. The van der Waals surface area contributed by atoms with Crippen LogP contribution in [0.3, 0.4) is 0 Å². The molecule has 0 radical (unpaired) electrons. The number of sulfonamides is 1. The zero-order valence-corrected chi connectivity index (χ0v) is 12.8. The molecular formula is C12H13ClN2O2S2. The molecule has 0 aromatic carbocycles. The van der Waals surface area contributed by atoms with Crippen molar-refractivity contribution in [3.05, 3.63) is 45.9 Å². The molecule has 0 N–H and O–H groups in total. The number of rotatable bonds is 4. The Morgan fingerprint density at radius 3 is 2.68 bits per heavy atom. The molecule has 7 heteroatoms. The SMILES string of the molecule is CC(c1cccs1)N(C)S(=O)(=O)c1cccnc1Cl. The molecule has 19 heavy (non-hydrogen) atoms. The van der Waals surface area contributed by atoms with Crippen molar-refractivity contribution in [1.82, 2.24) is 9.29 Å². The Bertz CT molecular complexity index is 656. The van der Waals surface area contributed by atoms with Crippen LogP contribution >= 0.6 is 22.9 Å². The van der Waals surface area contributed by atoms with Gasteiger partial charge in [-0.25, -0.2) is 13.4 Å². The number of thiophene rings is 1. The number of hydrogen-bond acceptors (Lipinski definition) is 4. The van der Waals surface area contributed by atoms with Crippen LogP contribution in [-0.2, 0) is 10.0 Å². The smallest absolute Gasteiger partial charge is 0.243 e. The third-order valence-electron chi connectivity index (χ3n) is 2.88. The summed E-state index contributed by atoms with van der Waals surface area (Å²) in [6.45, 7) is 1.84. The fraction of sp³-hybridized carbons (Fsp3) is 0.250. The van der Waals surface area contributed by atoms with E-state index in [9.17, 15) is 8.42 Å². The van der Waals surface area contributed by atoms with Crippen molar-refractivity contribution in [2.75, 3.05) is 7.05 Å². The zero-order valence-electron chi connectivity index (χ0n) is 10.4. The summed E-state index contributed by atoms with van der Waals surface area (Å²) in [6, 6.07) is 6.58. The fourth-order valence-electron chi connectivity index (χ4n) is 1.64. The molecule has 2 aromatic rings. The van der Waals surface area contributed by atoms with E-state index in [-0.39, 0.29) is 16.1 Å². The lowest BCUT2D eigenvalue weighted by molar-refractivity contribution is 0.403. The lowest BCUT2D eigenvalue weighted by atomic mass is 10.3. The fourth-order valence-corrected chi connectivity index (χ4v) is 4.30. The second-order valence-electron chi connectivity index (χ2n) is 4.00. The highest BCUT2D eigenvalue weighted by Crippen LogP contribution is 2.30. The number of nitrogens with zero attached hydrogens (tertiary/aromatic N) is 2. The number of aromatic nitrogens is 1. The van der Waals surface area contributed by atoms with E-state index in [0.717, 1.165) is 4.88 Å². The minimum atomic E-state index is -3.65. The Balaban J connectivity index is 2.38. The quantitative estimate of drug-likeness (QED) is 0.814. The maximum atomic E-state index is 12.5. The van der Waals surface area contributed by atoms with Gasteiger partial charge in [-0.05, 0) is 30.5 Å². The maximum absolute atomic E-state index is 12.5. The summed E-state index contributed by atoms with van der Waals surface area (Å²) in [5.74, 6) is 0. The summed E-state index contributed by atoms with van der Waals surface area (Å²) in [5.41, 5.74) is 0.